The molecule has 0 fully saturated rings. The van der Waals surface area contributed by atoms with Crippen LogP contribution in [-0.2, 0) is 20.9 Å². The number of nitrogens with one attached hydrogen (secondary N) is 2. The predicted molar refractivity (Wildman–Crippen MR) is 107 cm³/mol. The highest BCUT2D eigenvalue weighted by atomic mass is 16.5. The highest BCUT2D eigenvalue weighted by Crippen LogP contribution is 2.31. The number of hydrogen-bond donors (Lipinski definition) is 4. The maximum Gasteiger partial charge on any atom is 0.255 e. The molecule has 1 atom stereocenters. The molecule has 0 aromatic heterocycles. The fourth-order valence-corrected chi connectivity index (χ4v) is 2.60. The molecule has 9 nitrogen and oxygen atoms in total. The topological polar surface area (TPSA) is 150 Å². The minimum atomic E-state index is -0.895. The number of hydrogen-bond acceptors (Lipinski definition) is 6. The van der Waals surface area contributed by atoms with Crippen molar-refractivity contribution < 1.29 is 23.8 Å². The number of methoxy groups -OCH3 is 2. The van der Waals surface area contributed by atoms with Gasteiger partial charge in [-0.1, -0.05) is 30.3 Å². The van der Waals surface area contributed by atoms with Crippen molar-refractivity contribution >= 4 is 17.6 Å². The Balaban J connectivity index is 2.10. The van der Waals surface area contributed by atoms with Crippen LogP contribution < -0.4 is 26.3 Å². The number of benzene rings is 2. The van der Waals surface area contributed by atoms with Gasteiger partial charge in [-0.3, -0.25) is 15.0 Å². The van der Waals surface area contributed by atoms with Crippen molar-refractivity contribution in [1.29, 1.82) is 5.41 Å². The highest BCUT2D eigenvalue weighted by Gasteiger charge is 2.22. The zero-order chi connectivity index (χ0) is 21.4. The maximum atomic E-state index is 12.6. The summed E-state index contributed by atoms with van der Waals surface area (Å²) in [6.45, 7) is -0.0437. The van der Waals surface area contributed by atoms with Crippen molar-refractivity contribution in [2.45, 2.75) is 12.6 Å². The number of carbonyl (C=O) groups excluding carboxylic acids is 2. The minimum Gasteiger partial charge on any atom is -0.493 e. The van der Waals surface area contributed by atoms with Gasteiger partial charge in [-0.05, 0) is 23.3 Å². The van der Waals surface area contributed by atoms with Gasteiger partial charge in [-0.2, -0.15) is 0 Å². The highest BCUT2D eigenvalue weighted by molar-refractivity contribution is 5.94. The number of amides is 2. The Morgan fingerprint density at radius 2 is 1.76 bits per heavy atom. The van der Waals surface area contributed by atoms with E-state index in [2.05, 4.69) is 5.32 Å². The lowest BCUT2D eigenvalue weighted by molar-refractivity contribution is -0.131. The van der Waals surface area contributed by atoms with Crippen molar-refractivity contribution in [3.63, 3.8) is 0 Å². The average Bonchev–Trinajstić information content (AvgIpc) is 2.71. The number of carbonyl (C=O) groups is 2. The lowest BCUT2D eigenvalue weighted by Gasteiger charge is -2.18. The van der Waals surface area contributed by atoms with E-state index in [0.29, 0.717) is 16.9 Å². The monoisotopic (exact) mass is 400 g/mol. The molecule has 0 unspecified atom stereocenters. The van der Waals surface area contributed by atoms with E-state index in [1.807, 2.05) is 0 Å². The zero-order valence-corrected chi connectivity index (χ0v) is 16.2. The lowest BCUT2D eigenvalue weighted by atomic mass is 10.1. The van der Waals surface area contributed by atoms with Crippen LogP contribution in [0.15, 0.2) is 42.5 Å². The summed E-state index contributed by atoms with van der Waals surface area (Å²) in [7, 11) is 2.88. The molecule has 0 bridgehead atoms. The second kappa shape index (κ2) is 10.1. The Morgan fingerprint density at radius 3 is 2.31 bits per heavy atom. The Morgan fingerprint density at radius 1 is 1.07 bits per heavy atom. The van der Waals surface area contributed by atoms with Crippen LogP contribution >= 0.6 is 0 Å². The number of amidine groups is 1. The Labute approximate surface area is 168 Å². The second-order valence-corrected chi connectivity index (χ2v) is 6.11. The summed E-state index contributed by atoms with van der Waals surface area (Å²) in [5.74, 6) is -0.327. The van der Waals surface area contributed by atoms with Crippen LogP contribution in [0.25, 0.3) is 0 Å². The first-order chi connectivity index (χ1) is 13.8. The standard InChI is InChI=1S/C20H24N4O5/c1-27-15-8-7-14(9-16(15)29-11-17(21)25)18(28-2)20(26)24-10-12-3-5-13(6-4-12)19(22)23/h3-9,18H,10-11H2,1-2H3,(H2,21,25)(H3,22,23)(H,24,26)/t18-/m0/s1. The summed E-state index contributed by atoms with van der Waals surface area (Å²) in [6.07, 6.45) is -0.895. The van der Waals surface area contributed by atoms with Gasteiger partial charge in [0.25, 0.3) is 11.8 Å². The minimum absolute atomic E-state index is 0.0195. The Hall–Kier alpha value is -3.59. The lowest BCUT2D eigenvalue weighted by Crippen LogP contribution is -2.30. The van der Waals surface area contributed by atoms with E-state index >= 15 is 0 Å². The fourth-order valence-electron chi connectivity index (χ4n) is 2.60. The molecule has 0 heterocycles. The number of nitrogens with two attached hydrogens (primary N) is 2. The molecule has 2 aromatic carbocycles. The van der Waals surface area contributed by atoms with Gasteiger partial charge in [-0.25, -0.2) is 0 Å². The molecule has 0 radical (unpaired) electrons. The Kier molecular flexibility index (Phi) is 7.55. The zero-order valence-electron chi connectivity index (χ0n) is 16.2. The van der Waals surface area contributed by atoms with Crippen LogP contribution in [-0.4, -0.2) is 38.5 Å². The van der Waals surface area contributed by atoms with Crippen molar-refractivity contribution in [1.82, 2.24) is 5.32 Å². The van der Waals surface area contributed by atoms with Crippen molar-refractivity contribution in [2.75, 3.05) is 20.8 Å². The number of ether oxygens (including phenoxy) is 3. The molecule has 0 saturated heterocycles. The molecule has 9 heteroatoms. The molecule has 29 heavy (non-hydrogen) atoms. The number of primary amides is 1. The van der Waals surface area contributed by atoms with Gasteiger partial charge in [-0.15, -0.1) is 0 Å². The third-order valence-corrected chi connectivity index (χ3v) is 4.07. The molecule has 2 rings (SSSR count). The summed E-state index contributed by atoms with van der Waals surface area (Å²) in [5, 5.41) is 10.2. The summed E-state index contributed by atoms with van der Waals surface area (Å²) in [4.78, 5) is 23.6. The quantitative estimate of drug-likeness (QED) is 0.343. The first-order valence-electron chi connectivity index (χ1n) is 8.68. The van der Waals surface area contributed by atoms with Crippen molar-refractivity contribution in [3.05, 3.63) is 59.2 Å². The summed E-state index contributed by atoms with van der Waals surface area (Å²) < 4.78 is 15.9. The third-order valence-electron chi connectivity index (χ3n) is 4.07. The van der Waals surface area contributed by atoms with Gasteiger partial charge in [0.1, 0.15) is 5.84 Å². The van der Waals surface area contributed by atoms with E-state index in [1.54, 1.807) is 42.5 Å². The van der Waals surface area contributed by atoms with Crippen LogP contribution in [0.3, 0.4) is 0 Å². The van der Waals surface area contributed by atoms with Crippen LogP contribution in [0.2, 0.25) is 0 Å². The molecule has 0 saturated carbocycles. The van der Waals surface area contributed by atoms with Gasteiger partial charge in [0.2, 0.25) is 0 Å². The summed E-state index contributed by atoms with van der Waals surface area (Å²) in [6, 6.07) is 11.8. The average molecular weight is 400 g/mol. The second-order valence-electron chi connectivity index (χ2n) is 6.11. The molecule has 0 aliphatic rings. The molecule has 2 aromatic rings. The van der Waals surface area contributed by atoms with Crippen LogP contribution in [0.4, 0.5) is 0 Å². The van der Waals surface area contributed by atoms with Gasteiger partial charge >= 0.3 is 0 Å². The molecular weight excluding hydrogens is 376 g/mol. The van der Waals surface area contributed by atoms with Crippen LogP contribution in [0.5, 0.6) is 11.5 Å². The molecular formula is C20H24N4O5. The summed E-state index contributed by atoms with van der Waals surface area (Å²) >= 11 is 0. The smallest absolute Gasteiger partial charge is 0.255 e. The van der Waals surface area contributed by atoms with E-state index in [9.17, 15) is 9.59 Å². The molecule has 0 aliphatic carbocycles. The third kappa shape index (κ3) is 5.94. The summed E-state index contributed by atoms with van der Waals surface area (Å²) in [5.41, 5.74) is 12.5. The number of rotatable bonds is 10. The normalized spacial score (nSPS) is 11.4. The van der Waals surface area contributed by atoms with E-state index in [4.69, 9.17) is 31.1 Å². The van der Waals surface area contributed by atoms with E-state index < -0.39 is 12.0 Å². The van der Waals surface area contributed by atoms with Crippen molar-refractivity contribution in [2.24, 2.45) is 11.5 Å². The van der Waals surface area contributed by atoms with Crippen molar-refractivity contribution in [3.8, 4) is 11.5 Å². The van der Waals surface area contributed by atoms with Gasteiger partial charge in [0.05, 0.1) is 7.11 Å². The van der Waals surface area contributed by atoms with Gasteiger partial charge in [0, 0.05) is 19.2 Å². The molecule has 0 aliphatic heterocycles. The van der Waals surface area contributed by atoms with E-state index in [0.717, 1.165) is 5.56 Å². The fraction of sp³-hybridized carbons (Fsp3) is 0.250. The van der Waals surface area contributed by atoms with E-state index in [1.165, 1.54) is 14.2 Å². The van der Waals surface area contributed by atoms with Gasteiger partial charge in [0.15, 0.2) is 24.2 Å². The van der Waals surface area contributed by atoms with Crippen LogP contribution in [0, 0.1) is 5.41 Å². The molecule has 0 spiro atoms. The molecule has 2 amide bonds. The maximum absolute atomic E-state index is 12.6. The van der Waals surface area contributed by atoms with E-state index in [-0.39, 0.29) is 30.6 Å². The predicted octanol–water partition coefficient (Wildman–Crippen LogP) is 0.847. The number of nitrogen functional groups attached to an aromatic ring is 1. The Bertz CT molecular complexity index is 883. The largest absolute Gasteiger partial charge is 0.493 e. The van der Waals surface area contributed by atoms with Gasteiger partial charge < -0.3 is 31.0 Å². The molecule has 154 valence electrons. The first-order valence-corrected chi connectivity index (χ1v) is 8.68. The molecule has 6 N–H and O–H groups in total. The first kappa shape index (κ1) is 21.7. The SMILES string of the molecule is COc1ccc([C@H](OC)C(=O)NCc2ccc(C(=N)N)cc2)cc1OCC(N)=O. The van der Waals surface area contributed by atoms with Crippen LogP contribution in [0.1, 0.15) is 22.8 Å².